The third-order valence-corrected chi connectivity index (χ3v) is 6.51. The fourth-order valence-corrected chi connectivity index (χ4v) is 4.69. The summed E-state index contributed by atoms with van der Waals surface area (Å²) in [6.07, 6.45) is 2.98. The molecule has 2 amide bonds. The Labute approximate surface area is 202 Å². The fourth-order valence-electron chi connectivity index (χ4n) is 4.69. The van der Waals surface area contributed by atoms with Crippen LogP contribution in [-0.2, 0) is 4.74 Å². The van der Waals surface area contributed by atoms with E-state index in [-0.39, 0.29) is 12.7 Å². The molecule has 1 aliphatic carbocycles. The van der Waals surface area contributed by atoms with Crippen LogP contribution in [0.15, 0.2) is 36.4 Å². The molecule has 2 aromatic carbocycles. The van der Waals surface area contributed by atoms with Gasteiger partial charge in [0.2, 0.25) is 0 Å². The van der Waals surface area contributed by atoms with E-state index in [0.717, 1.165) is 31.2 Å². The summed E-state index contributed by atoms with van der Waals surface area (Å²) in [5.41, 5.74) is 2.40. The first kappa shape index (κ1) is 23.4. The number of rotatable bonds is 7. The number of ether oxygens (including phenoxy) is 3. The second-order valence-electron chi connectivity index (χ2n) is 8.94. The van der Waals surface area contributed by atoms with Gasteiger partial charge in [0.1, 0.15) is 23.5 Å². The van der Waals surface area contributed by atoms with Crippen molar-refractivity contribution < 1.29 is 29.2 Å². The van der Waals surface area contributed by atoms with Crippen molar-refractivity contribution in [1.29, 1.82) is 0 Å². The van der Waals surface area contributed by atoms with Crippen LogP contribution in [0.1, 0.15) is 44.0 Å². The highest BCUT2D eigenvalue weighted by atomic mass is 16.5. The number of amides is 2. The van der Waals surface area contributed by atoms with E-state index < -0.39 is 24.3 Å². The zero-order chi connectivity index (χ0) is 24.4. The number of H-pyrrole nitrogens is 1. The summed E-state index contributed by atoms with van der Waals surface area (Å²) in [7, 11) is 1.59. The summed E-state index contributed by atoms with van der Waals surface area (Å²) in [5.74, 6) is 1.77. The highest BCUT2D eigenvalue weighted by Crippen LogP contribution is 2.35. The van der Waals surface area contributed by atoms with Crippen LogP contribution in [-0.4, -0.2) is 58.2 Å². The molecule has 2 heterocycles. The van der Waals surface area contributed by atoms with Gasteiger partial charge in [-0.25, -0.2) is 9.78 Å². The SMILES string of the molecule is COc1ccc(NC(=O)Nc2cccc3[nH]c([C@H]4C[C@H](O)[C@@H](CO)O4)nc23)cc1OC1CCCC1. The van der Waals surface area contributed by atoms with Gasteiger partial charge in [0.25, 0.3) is 0 Å². The lowest BCUT2D eigenvalue weighted by Crippen LogP contribution is -2.24. The van der Waals surface area contributed by atoms with E-state index in [1.54, 1.807) is 31.4 Å². The van der Waals surface area contributed by atoms with Gasteiger partial charge in [0.05, 0.1) is 37.1 Å². The van der Waals surface area contributed by atoms with Crippen LogP contribution in [0, 0.1) is 0 Å². The molecular formula is C25H30N4O6. The number of imidazole rings is 1. The molecule has 1 saturated heterocycles. The summed E-state index contributed by atoms with van der Waals surface area (Å²) in [5, 5.41) is 25.1. The number of nitrogens with zero attached hydrogens (tertiary/aromatic N) is 1. The Balaban J connectivity index is 1.30. The zero-order valence-corrected chi connectivity index (χ0v) is 19.5. The molecule has 0 spiro atoms. The van der Waals surface area contributed by atoms with E-state index in [9.17, 15) is 15.0 Å². The Morgan fingerprint density at radius 2 is 2.03 bits per heavy atom. The number of carbonyl (C=O) groups is 1. The third-order valence-electron chi connectivity index (χ3n) is 6.51. The molecule has 10 heteroatoms. The molecule has 0 bridgehead atoms. The van der Waals surface area contributed by atoms with Gasteiger partial charge >= 0.3 is 6.03 Å². The van der Waals surface area contributed by atoms with E-state index in [0.29, 0.717) is 40.6 Å². The third kappa shape index (κ3) is 5.04. The summed E-state index contributed by atoms with van der Waals surface area (Å²) < 4.78 is 17.2. The molecular weight excluding hydrogens is 452 g/mol. The number of aliphatic hydroxyl groups is 2. The van der Waals surface area contributed by atoms with E-state index in [2.05, 4.69) is 20.6 Å². The topological polar surface area (TPSA) is 138 Å². The summed E-state index contributed by atoms with van der Waals surface area (Å²) in [6.45, 7) is -0.260. The van der Waals surface area contributed by atoms with Gasteiger partial charge < -0.3 is 40.0 Å². The normalized spacial score (nSPS) is 22.4. The Hall–Kier alpha value is -3.34. The van der Waals surface area contributed by atoms with Gasteiger partial charge in [0.15, 0.2) is 11.5 Å². The van der Waals surface area contributed by atoms with Crippen LogP contribution < -0.4 is 20.1 Å². The highest BCUT2D eigenvalue weighted by molar-refractivity contribution is 6.04. The lowest BCUT2D eigenvalue weighted by molar-refractivity contribution is -0.0244. The number of fused-ring (bicyclic) bond motifs is 1. The molecule has 5 rings (SSSR count). The summed E-state index contributed by atoms with van der Waals surface area (Å²) in [6, 6.07) is 10.3. The van der Waals surface area contributed by atoms with Gasteiger partial charge in [0, 0.05) is 18.2 Å². The molecule has 3 atom stereocenters. The van der Waals surface area contributed by atoms with Crippen LogP contribution in [0.4, 0.5) is 16.2 Å². The molecule has 2 fully saturated rings. The van der Waals surface area contributed by atoms with Crippen molar-refractivity contribution in [1.82, 2.24) is 9.97 Å². The average Bonchev–Trinajstić information content (AvgIpc) is 3.59. The number of carbonyl (C=O) groups excluding carboxylic acids is 1. The van der Waals surface area contributed by atoms with Crippen LogP contribution in [0.2, 0.25) is 0 Å². The molecule has 1 saturated carbocycles. The molecule has 186 valence electrons. The number of hydrogen-bond donors (Lipinski definition) is 5. The van der Waals surface area contributed by atoms with Crippen LogP contribution in [0.5, 0.6) is 11.5 Å². The maximum atomic E-state index is 12.8. The highest BCUT2D eigenvalue weighted by Gasteiger charge is 2.36. The monoisotopic (exact) mass is 482 g/mol. The van der Waals surface area contributed by atoms with Gasteiger partial charge in [-0.1, -0.05) is 6.07 Å². The van der Waals surface area contributed by atoms with Gasteiger partial charge in [-0.15, -0.1) is 0 Å². The van der Waals surface area contributed by atoms with Crippen molar-refractivity contribution in [3.05, 3.63) is 42.2 Å². The zero-order valence-electron chi connectivity index (χ0n) is 19.5. The van der Waals surface area contributed by atoms with Gasteiger partial charge in [-0.05, 0) is 49.9 Å². The largest absolute Gasteiger partial charge is 0.493 e. The predicted octanol–water partition coefficient (Wildman–Crippen LogP) is 3.72. The first-order valence-corrected chi connectivity index (χ1v) is 11.9. The molecule has 1 aliphatic heterocycles. The standard InChI is InChI=1S/C25H30N4O6/c1-33-19-10-9-14(11-20(19)34-15-5-2-3-6-15)26-25(32)28-17-8-4-7-16-23(17)29-24(27-16)21-12-18(31)22(13-30)35-21/h4,7-11,15,18,21-22,30-31H,2-3,5-6,12-13H2,1H3,(H,27,29)(H2,26,28,32)/t18-,21+,22+/m0/s1. The van der Waals surface area contributed by atoms with E-state index in [1.165, 1.54) is 0 Å². The van der Waals surface area contributed by atoms with Crippen molar-refractivity contribution in [3.63, 3.8) is 0 Å². The van der Waals surface area contributed by atoms with Crippen molar-refractivity contribution in [2.45, 2.75) is 56.5 Å². The predicted molar refractivity (Wildman–Crippen MR) is 130 cm³/mol. The van der Waals surface area contributed by atoms with Crippen LogP contribution >= 0.6 is 0 Å². The molecule has 35 heavy (non-hydrogen) atoms. The first-order chi connectivity index (χ1) is 17.0. The number of benzene rings is 2. The fraction of sp³-hybridized carbons (Fsp3) is 0.440. The second kappa shape index (κ2) is 10.1. The van der Waals surface area contributed by atoms with E-state index >= 15 is 0 Å². The molecule has 5 N–H and O–H groups in total. The summed E-state index contributed by atoms with van der Waals surface area (Å²) >= 11 is 0. The van der Waals surface area contributed by atoms with Gasteiger partial charge in [-0.2, -0.15) is 0 Å². The smallest absolute Gasteiger partial charge is 0.323 e. The number of aliphatic hydroxyl groups excluding tert-OH is 2. The molecule has 2 aliphatic rings. The Kier molecular flexibility index (Phi) is 6.76. The maximum absolute atomic E-state index is 12.8. The number of para-hydroxylation sites is 1. The maximum Gasteiger partial charge on any atom is 0.323 e. The average molecular weight is 483 g/mol. The number of hydrogen-bond acceptors (Lipinski definition) is 7. The van der Waals surface area contributed by atoms with Crippen LogP contribution in [0.3, 0.4) is 0 Å². The van der Waals surface area contributed by atoms with Crippen LogP contribution in [0.25, 0.3) is 11.0 Å². The Bertz CT molecular complexity index is 1190. The minimum atomic E-state index is -0.756. The number of aromatic amines is 1. The summed E-state index contributed by atoms with van der Waals surface area (Å²) in [4.78, 5) is 20.6. The lowest BCUT2D eigenvalue weighted by Gasteiger charge is -2.17. The molecule has 0 unspecified atom stereocenters. The second-order valence-corrected chi connectivity index (χ2v) is 8.94. The van der Waals surface area contributed by atoms with Crippen molar-refractivity contribution in [3.8, 4) is 11.5 Å². The minimum absolute atomic E-state index is 0.164. The number of anilines is 2. The minimum Gasteiger partial charge on any atom is -0.493 e. The number of nitrogens with one attached hydrogen (secondary N) is 3. The molecule has 0 radical (unpaired) electrons. The molecule has 3 aromatic rings. The lowest BCUT2D eigenvalue weighted by atomic mass is 10.1. The van der Waals surface area contributed by atoms with E-state index in [4.69, 9.17) is 14.2 Å². The van der Waals surface area contributed by atoms with Crippen molar-refractivity contribution in [2.24, 2.45) is 0 Å². The molecule has 1 aromatic heterocycles. The Morgan fingerprint density at radius 1 is 1.20 bits per heavy atom. The quantitative estimate of drug-likeness (QED) is 0.346. The molecule has 10 nitrogen and oxygen atoms in total. The number of urea groups is 1. The van der Waals surface area contributed by atoms with E-state index in [1.807, 2.05) is 12.1 Å². The number of aromatic nitrogens is 2. The number of methoxy groups -OCH3 is 1. The first-order valence-electron chi connectivity index (χ1n) is 11.9. The van der Waals surface area contributed by atoms with Crippen molar-refractivity contribution in [2.75, 3.05) is 24.4 Å². The van der Waals surface area contributed by atoms with Crippen molar-refractivity contribution >= 4 is 28.4 Å². The van der Waals surface area contributed by atoms with Gasteiger partial charge in [-0.3, -0.25) is 0 Å². The Morgan fingerprint density at radius 3 is 2.77 bits per heavy atom.